The van der Waals surface area contributed by atoms with Crippen molar-refractivity contribution in [3.05, 3.63) is 51.5 Å². The predicted octanol–water partition coefficient (Wildman–Crippen LogP) is 4.26. The number of nitrogens with zero attached hydrogens (tertiary/aromatic N) is 2. The van der Waals surface area contributed by atoms with Gasteiger partial charge in [0.05, 0.1) is 10.2 Å². The standard InChI is InChI=1S/C14H10BrFN2O/c1-8-5-13(11(7-17)9(2)18-8)19-14-6-10(16)3-4-12(14)15/h3-6H,1-2H3. The highest BCUT2D eigenvalue weighted by Crippen LogP contribution is 2.32. The number of rotatable bonds is 2. The van der Waals surface area contributed by atoms with E-state index in [-0.39, 0.29) is 0 Å². The molecule has 0 aliphatic heterocycles. The Morgan fingerprint density at radius 3 is 2.68 bits per heavy atom. The smallest absolute Gasteiger partial charge is 0.148 e. The van der Waals surface area contributed by atoms with Crippen molar-refractivity contribution in [2.45, 2.75) is 13.8 Å². The summed E-state index contributed by atoms with van der Waals surface area (Å²) in [6, 6.07) is 7.84. The lowest BCUT2D eigenvalue weighted by atomic mass is 10.2. The Hall–Kier alpha value is -1.93. The van der Waals surface area contributed by atoms with Crippen molar-refractivity contribution in [1.29, 1.82) is 5.26 Å². The van der Waals surface area contributed by atoms with Gasteiger partial charge >= 0.3 is 0 Å². The molecule has 0 aliphatic carbocycles. The molecule has 2 rings (SSSR count). The van der Waals surface area contributed by atoms with E-state index in [0.29, 0.717) is 27.2 Å². The number of pyridine rings is 1. The molecule has 1 aromatic carbocycles. The summed E-state index contributed by atoms with van der Waals surface area (Å²) in [5.41, 5.74) is 1.67. The molecule has 0 saturated carbocycles. The van der Waals surface area contributed by atoms with E-state index >= 15 is 0 Å². The van der Waals surface area contributed by atoms with Gasteiger partial charge in [-0.1, -0.05) is 0 Å². The first-order valence-corrected chi connectivity index (χ1v) is 6.32. The number of halogens is 2. The van der Waals surface area contributed by atoms with E-state index in [1.807, 2.05) is 13.0 Å². The number of benzene rings is 1. The molecule has 0 saturated heterocycles. The van der Waals surface area contributed by atoms with E-state index in [9.17, 15) is 4.39 Å². The van der Waals surface area contributed by atoms with Crippen LogP contribution < -0.4 is 4.74 Å². The maximum Gasteiger partial charge on any atom is 0.148 e. The van der Waals surface area contributed by atoms with Crippen LogP contribution in [-0.2, 0) is 0 Å². The second-order valence-corrected chi connectivity index (χ2v) is 4.87. The molecule has 0 spiro atoms. The number of aromatic nitrogens is 1. The Labute approximate surface area is 118 Å². The van der Waals surface area contributed by atoms with Crippen LogP contribution in [0.4, 0.5) is 4.39 Å². The maximum atomic E-state index is 13.2. The average Bonchev–Trinajstić information content (AvgIpc) is 2.33. The monoisotopic (exact) mass is 320 g/mol. The molecule has 0 unspecified atom stereocenters. The van der Waals surface area contributed by atoms with Gasteiger partial charge in [-0.15, -0.1) is 0 Å². The van der Waals surface area contributed by atoms with Gasteiger partial charge in [-0.25, -0.2) is 4.39 Å². The van der Waals surface area contributed by atoms with Crippen LogP contribution in [0.1, 0.15) is 17.0 Å². The summed E-state index contributed by atoms with van der Waals surface area (Å²) >= 11 is 3.28. The summed E-state index contributed by atoms with van der Waals surface area (Å²) < 4.78 is 19.5. The molecular weight excluding hydrogens is 311 g/mol. The van der Waals surface area contributed by atoms with E-state index in [1.165, 1.54) is 12.1 Å². The van der Waals surface area contributed by atoms with Crippen LogP contribution in [0.15, 0.2) is 28.7 Å². The van der Waals surface area contributed by atoms with Gasteiger partial charge in [0.1, 0.15) is 28.9 Å². The van der Waals surface area contributed by atoms with Crippen LogP contribution in [0.2, 0.25) is 0 Å². The molecule has 1 aromatic heterocycles. The fraction of sp³-hybridized carbons (Fsp3) is 0.143. The number of ether oxygens (including phenoxy) is 1. The van der Waals surface area contributed by atoms with Crippen LogP contribution >= 0.6 is 15.9 Å². The average molecular weight is 321 g/mol. The van der Waals surface area contributed by atoms with Crippen LogP contribution in [-0.4, -0.2) is 4.98 Å². The van der Waals surface area contributed by atoms with E-state index in [0.717, 1.165) is 5.69 Å². The Morgan fingerprint density at radius 1 is 1.26 bits per heavy atom. The Kier molecular flexibility index (Phi) is 3.82. The minimum absolute atomic E-state index is 0.321. The second-order valence-electron chi connectivity index (χ2n) is 4.01. The van der Waals surface area contributed by atoms with Gasteiger partial charge in [-0.3, -0.25) is 4.98 Å². The molecule has 0 N–H and O–H groups in total. The van der Waals surface area contributed by atoms with Gasteiger partial charge in [-0.2, -0.15) is 5.26 Å². The summed E-state index contributed by atoms with van der Waals surface area (Å²) in [6.07, 6.45) is 0. The van der Waals surface area contributed by atoms with Crippen molar-refractivity contribution in [1.82, 2.24) is 4.98 Å². The molecule has 5 heteroatoms. The molecule has 0 aliphatic rings. The molecular formula is C14H10BrFN2O. The predicted molar refractivity (Wildman–Crippen MR) is 72.6 cm³/mol. The molecule has 0 bridgehead atoms. The zero-order valence-corrected chi connectivity index (χ0v) is 12.0. The van der Waals surface area contributed by atoms with Crippen molar-refractivity contribution < 1.29 is 9.13 Å². The molecule has 3 nitrogen and oxygen atoms in total. The Morgan fingerprint density at radius 2 is 2.00 bits per heavy atom. The lowest BCUT2D eigenvalue weighted by molar-refractivity contribution is 0.470. The lowest BCUT2D eigenvalue weighted by Crippen LogP contribution is -1.97. The highest BCUT2D eigenvalue weighted by Gasteiger charge is 2.12. The van der Waals surface area contributed by atoms with Crippen molar-refractivity contribution in [2.24, 2.45) is 0 Å². The normalized spacial score (nSPS) is 10.1. The molecule has 1 heterocycles. The minimum atomic E-state index is -0.404. The number of aryl methyl sites for hydroxylation is 2. The summed E-state index contributed by atoms with van der Waals surface area (Å²) in [5.74, 6) is 0.291. The van der Waals surface area contributed by atoms with E-state index < -0.39 is 5.82 Å². The van der Waals surface area contributed by atoms with Gasteiger partial charge in [0.15, 0.2) is 0 Å². The molecule has 96 valence electrons. The number of hydrogen-bond donors (Lipinski definition) is 0. The third-order valence-electron chi connectivity index (χ3n) is 2.52. The summed E-state index contributed by atoms with van der Waals surface area (Å²) in [4.78, 5) is 4.20. The number of nitriles is 1. The first-order chi connectivity index (χ1) is 9.01. The van der Waals surface area contributed by atoms with Crippen LogP contribution in [0, 0.1) is 31.0 Å². The van der Waals surface area contributed by atoms with Gasteiger partial charge in [-0.05, 0) is 41.9 Å². The Balaban J connectivity index is 2.49. The summed E-state index contributed by atoms with van der Waals surface area (Å²) in [7, 11) is 0. The molecule has 19 heavy (non-hydrogen) atoms. The van der Waals surface area contributed by atoms with E-state index in [4.69, 9.17) is 10.00 Å². The second kappa shape index (κ2) is 5.37. The Bertz CT molecular complexity index is 680. The largest absolute Gasteiger partial charge is 0.455 e. The summed E-state index contributed by atoms with van der Waals surface area (Å²) in [5, 5.41) is 9.14. The fourth-order valence-corrected chi connectivity index (χ4v) is 2.01. The zero-order valence-electron chi connectivity index (χ0n) is 10.4. The highest BCUT2D eigenvalue weighted by molar-refractivity contribution is 9.10. The zero-order chi connectivity index (χ0) is 14.0. The topological polar surface area (TPSA) is 45.9 Å². The van der Waals surface area contributed by atoms with Crippen LogP contribution in [0.5, 0.6) is 11.5 Å². The maximum absolute atomic E-state index is 13.2. The highest BCUT2D eigenvalue weighted by atomic mass is 79.9. The molecule has 0 amide bonds. The van der Waals surface area contributed by atoms with Gasteiger partial charge < -0.3 is 4.74 Å². The first-order valence-electron chi connectivity index (χ1n) is 5.52. The quantitative estimate of drug-likeness (QED) is 0.830. The van der Waals surface area contributed by atoms with Crippen molar-refractivity contribution in [3.63, 3.8) is 0 Å². The molecule has 0 radical (unpaired) electrons. The van der Waals surface area contributed by atoms with Crippen molar-refractivity contribution in [2.75, 3.05) is 0 Å². The SMILES string of the molecule is Cc1cc(Oc2cc(F)ccc2Br)c(C#N)c(C)n1. The lowest BCUT2D eigenvalue weighted by Gasteiger charge is -2.11. The van der Waals surface area contributed by atoms with E-state index in [1.54, 1.807) is 19.1 Å². The third kappa shape index (κ3) is 2.91. The first kappa shape index (κ1) is 13.5. The molecule has 0 fully saturated rings. The van der Waals surface area contributed by atoms with Gasteiger partial charge in [0.2, 0.25) is 0 Å². The third-order valence-corrected chi connectivity index (χ3v) is 3.17. The number of hydrogen-bond acceptors (Lipinski definition) is 3. The molecule has 0 atom stereocenters. The fourth-order valence-electron chi connectivity index (χ4n) is 1.68. The van der Waals surface area contributed by atoms with Crippen molar-refractivity contribution in [3.8, 4) is 17.6 Å². The van der Waals surface area contributed by atoms with Gasteiger partial charge in [0, 0.05) is 17.8 Å². The molecule has 2 aromatic rings. The van der Waals surface area contributed by atoms with E-state index in [2.05, 4.69) is 20.9 Å². The van der Waals surface area contributed by atoms with Gasteiger partial charge in [0.25, 0.3) is 0 Å². The van der Waals surface area contributed by atoms with Crippen molar-refractivity contribution >= 4 is 15.9 Å². The van der Waals surface area contributed by atoms with Crippen LogP contribution in [0.25, 0.3) is 0 Å². The van der Waals surface area contributed by atoms with Crippen LogP contribution in [0.3, 0.4) is 0 Å². The summed E-state index contributed by atoms with van der Waals surface area (Å²) in [6.45, 7) is 3.54. The minimum Gasteiger partial charge on any atom is -0.455 e.